The van der Waals surface area contributed by atoms with E-state index in [0.717, 1.165) is 27.3 Å². The van der Waals surface area contributed by atoms with Crippen molar-refractivity contribution in [1.29, 1.82) is 0 Å². The minimum Gasteiger partial charge on any atom is -0.481 e. The maximum absolute atomic E-state index is 10.6. The highest BCUT2D eigenvalue weighted by Crippen LogP contribution is 2.25. The van der Waals surface area contributed by atoms with Gasteiger partial charge in [-0.25, -0.2) is 4.98 Å². The van der Waals surface area contributed by atoms with E-state index in [0.29, 0.717) is 0 Å². The van der Waals surface area contributed by atoms with E-state index < -0.39 is 5.97 Å². The molecule has 5 nitrogen and oxygen atoms in total. The van der Waals surface area contributed by atoms with Crippen molar-refractivity contribution in [2.75, 3.05) is 5.75 Å². The van der Waals surface area contributed by atoms with Gasteiger partial charge in [0.05, 0.1) is 23.0 Å². The third kappa shape index (κ3) is 2.65. The largest absolute Gasteiger partial charge is 0.481 e. The van der Waals surface area contributed by atoms with Gasteiger partial charge in [-0.2, -0.15) is 0 Å². The first-order chi connectivity index (χ1) is 9.72. The molecule has 100 valence electrons. The Kier molecular flexibility index (Phi) is 3.39. The number of imidazole rings is 1. The van der Waals surface area contributed by atoms with Gasteiger partial charge >= 0.3 is 5.97 Å². The van der Waals surface area contributed by atoms with Crippen LogP contribution in [0.25, 0.3) is 22.4 Å². The number of benzene rings is 1. The molecule has 3 aromatic rings. The fraction of sp³-hybridized carbons (Fsp3) is 0.0714. The lowest BCUT2D eigenvalue weighted by molar-refractivity contribution is -0.133. The van der Waals surface area contributed by atoms with Gasteiger partial charge in [0, 0.05) is 16.7 Å². The Morgan fingerprint density at radius 2 is 2.25 bits per heavy atom. The van der Waals surface area contributed by atoms with E-state index in [1.54, 1.807) is 12.4 Å². The van der Waals surface area contributed by atoms with E-state index in [1.165, 1.54) is 11.8 Å². The van der Waals surface area contributed by atoms with Gasteiger partial charge in [-0.15, -0.1) is 11.8 Å². The monoisotopic (exact) mass is 285 g/mol. The van der Waals surface area contributed by atoms with Gasteiger partial charge in [-0.1, -0.05) is 12.1 Å². The summed E-state index contributed by atoms with van der Waals surface area (Å²) in [7, 11) is 0. The molecule has 0 fully saturated rings. The predicted octanol–water partition coefficient (Wildman–Crippen LogP) is 2.80. The van der Waals surface area contributed by atoms with Crippen molar-refractivity contribution in [3.63, 3.8) is 0 Å². The Balaban J connectivity index is 1.93. The number of H-pyrrole nitrogens is 1. The number of carboxylic acid groups (broad SMARTS) is 1. The van der Waals surface area contributed by atoms with E-state index in [-0.39, 0.29) is 5.75 Å². The third-order valence-electron chi connectivity index (χ3n) is 2.75. The number of hydrogen-bond donors (Lipinski definition) is 2. The fourth-order valence-corrected chi connectivity index (χ4v) is 2.55. The number of carboxylic acids is 1. The molecule has 0 radical (unpaired) electrons. The second-order valence-electron chi connectivity index (χ2n) is 4.19. The first-order valence-electron chi connectivity index (χ1n) is 5.97. The number of aromatic amines is 1. The minimum atomic E-state index is -0.824. The van der Waals surface area contributed by atoms with Crippen LogP contribution in [0.4, 0.5) is 0 Å². The Bertz CT molecular complexity index is 737. The zero-order valence-corrected chi connectivity index (χ0v) is 11.2. The molecule has 2 heterocycles. The second-order valence-corrected chi connectivity index (χ2v) is 5.24. The molecule has 0 amide bonds. The van der Waals surface area contributed by atoms with E-state index in [9.17, 15) is 4.79 Å². The number of carbonyl (C=O) groups is 1. The van der Waals surface area contributed by atoms with Gasteiger partial charge < -0.3 is 10.1 Å². The van der Waals surface area contributed by atoms with E-state index in [2.05, 4.69) is 15.0 Å². The van der Waals surface area contributed by atoms with Crippen LogP contribution in [-0.2, 0) is 4.79 Å². The molecule has 0 aliphatic carbocycles. The van der Waals surface area contributed by atoms with Crippen LogP contribution in [0.1, 0.15) is 0 Å². The Morgan fingerprint density at radius 1 is 1.35 bits per heavy atom. The number of aliphatic carboxylic acids is 1. The van der Waals surface area contributed by atoms with Crippen LogP contribution >= 0.6 is 11.8 Å². The van der Waals surface area contributed by atoms with Gasteiger partial charge in [0.25, 0.3) is 0 Å². The van der Waals surface area contributed by atoms with Crippen molar-refractivity contribution >= 4 is 28.8 Å². The number of nitrogens with one attached hydrogen (secondary N) is 1. The van der Waals surface area contributed by atoms with Crippen LogP contribution in [0, 0.1) is 0 Å². The van der Waals surface area contributed by atoms with Crippen LogP contribution in [-0.4, -0.2) is 31.8 Å². The summed E-state index contributed by atoms with van der Waals surface area (Å²) in [6.45, 7) is 0. The van der Waals surface area contributed by atoms with Crippen LogP contribution in [0.15, 0.2) is 47.6 Å². The molecule has 0 aliphatic rings. The first-order valence-corrected chi connectivity index (χ1v) is 6.96. The molecule has 0 saturated heterocycles. The topological polar surface area (TPSA) is 78.9 Å². The van der Waals surface area contributed by atoms with Crippen LogP contribution in [0.2, 0.25) is 0 Å². The standard InChI is InChI=1S/C14H11N3O2S/c18-13(19)8-20-10-3-1-2-9(6-10)14-16-11-4-5-15-7-12(11)17-14/h1-7H,8H2,(H,16,17)(H,18,19). The van der Waals surface area contributed by atoms with Crippen molar-refractivity contribution < 1.29 is 9.90 Å². The van der Waals surface area contributed by atoms with Crippen molar-refractivity contribution in [2.45, 2.75) is 4.90 Å². The van der Waals surface area contributed by atoms with E-state index in [1.807, 2.05) is 30.3 Å². The van der Waals surface area contributed by atoms with Crippen LogP contribution in [0.3, 0.4) is 0 Å². The molecule has 0 unspecified atom stereocenters. The summed E-state index contributed by atoms with van der Waals surface area (Å²) in [4.78, 5) is 23.3. The van der Waals surface area contributed by atoms with Crippen molar-refractivity contribution in [1.82, 2.24) is 15.0 Å². The molecule has 6 heteroatoms. The lowest BCUT2D eigenvalue weighted by atomic mass is 10.2. The highest BCUT2D eigenvalue weighted by Gasteiger charge is 2.06. The van der Waals surface area contributed by atoms with Gasteiger partial charge in [0.15, 0.2) is 0 Å². The number of pyridine rings is 1. The number of thioether (sulfide) groups is 1. The summed E-state index contributed by atoms with van der Waals surface area (Å²) >= 11 is 1.29. The van der Waals surface area contributed by atoms with Crippen LogP contribution < -0.4 is 0 Å². The maximum Gasteiger partial charge on any atom is 0.313 e. The summed E-state index contributed by atoms with van der Waals surface area (Å²) in [5.74, 6) is -0.0194. The second kappa shape index (κ2) is 5.34. The molecule has 20 heavy (non-hydrogen) atoms. The normalized spacial score (nSPS) is 10.8. The van der Waals surface area contributed by atoms with Gasteiger partial charge in [0.2, 0.25) is 0 Å². The number of fused-ring (bicyclic) bond motifs is 1. The van der Waals surface area contributed by atoms with Crippen molar-refractivity contribution in [2.24, 2.45) is 0 Å². The number of rotatable bonds is 4. The molecular formula is C14H11N3O2S. The zero-order chi connectivity index (χ0) is 13.9. The third-order valence-corrected chi connectivity index (χ3v) is 3.73. The summed E-state index contributed by atoms with van der Waals surface area (Å²) < 4.78 is 0. The Morgan fingerprint density at radius 3 is 3.05 bits per heavy atom. The smallest absolute Gasteiger partial charge is 0.313 e. The Labute approximate surface area is 119 Å². The average Bonchev–Trinajstić information content (AvgIpc) is 2.89. The lowest BCUT2D eigenvalue weighted by Crippen LogP contribution is -1.97. The highest BCUT2D eigenvalue weighted by molar-refractivity contribution is 8.00. The molecule has 0 spiro atoms. The Hall–Kier alpha value is -2.34. The quantitative estimate of drug-likeness (QED) is 0.721. The maximum atomic E-state index is 10.6. The number of aromatic nitrogens is 3. The summed E-state index contributed by atoms with van der Waals surface area (Å²) in [5, 5.41) is 8.71. The molecule has 0 bridgehead atoms. The summed E-state index contributed by atoms with van der Waals surface area (Å²) in [6, 6.07) is 9.50. The van der Waals surface area contributed by atoms with Gasteiger partial charge in [0.1, 0.15) is 5.82 Å². The molecule has 1 aromatic carbocycles. The number of hydrogen-bond acceptors (Lipinski definition) is 4. The highest BCUT2D eigenvalue weighted by atomic mass is 32.2. The SMILES string of the molecule is O=C(O)CSc1cccc(-c2nc3ccncc3[nH]2)c1. The fourth-order valence-electron chi connectivity index (χ4n) is 1.87. The van der Waals surface area contributed by atoms with E-state index in [4.69, 9.17) is 5.11 Å². The average molecular weight is 285 g/mol. The molecule has 0 atom stereocenters. The molecule has 0 saturated carbocycles. The van der Waals surface area contributed by atoms with Crippen molar-refractivity contribution in [3.8, 4) is 11.4 Å². The van der Waals surface area contributed by atoms with Gasteiger partial charge in [-0.3, -0.25) is 9.78 Å². The zero-order valence-electron chi connectivity index (χ0n) is 10.4. The lowest BCUT2D eigenvalue weighted by Gasteiger charge is -2.01. The first kappa shape index (κ1) is 12.7. The molecule has 2 aromatic heterocycles. The summed E-state index contributed by atoms with van der Waals surface area (Å²) in [5.41, 5.74) is 2.67. The molecule has 2 N–H and O–H groups in total. The molecular weight excluding hydrogens is 274 g/mol. The predicted molar refractivity (Wildman–Crippen MR) is 77.7 cm³/mol. The van der Waals surface area contributed by atoms with Crippen molar-refractivity contribution in [3.05, 3.63) is 42.7 Å². The molecule has 0 aliphatic heterocycles. The van der Waals surface area contributed by atoms with Gasteiger partial charge in [-0.05, 0) is 18.2 Å². The van der Waals surface area contributed by atoms with E-state index >= 15 is 0 Å². The number of nitrogens with zero attached hydrogens (tertiary/aromatic N) is 2. The summed E-state index contributed by atoms with van der Waals surface area (Å²) in [6.07, 6.45) is 3.43. The van der Waals surface area contributed by atoms with Crippen LogP contribution in [0.5, 0.6) is 0 Å². The minimum absolute atomic E-state index is 0.0491. The molecule has 3 rings (SSSR count).